The summed E-state index contributed by atoms with van der Waals surface area (Å²) >= 11 is 0. The van der Waals surface area contributed by atoms with Gasteiger partial charge in [0.05, 0.1) is 0 Å². The largest absolute Gasteiger partial charge is 0.488 e. The number of imidazole rings is 1. The van der Waals surface area contributed by atoms with Crippen LogP contribution in [0.1, 0.15) is 37.7 Å². The van der Waals surface area contributed by atoms with E-state index in [0.29, 0.717) is 0 Å². The molecule has 0 fully saturated rings. The van der Waals surface area contributed by atoms with Gasteiger partial charge in [0.2, 0.25) is 0 Å². The molecular formula is C17H23N3O. The van der Waals surface area contributed by atoms with Crippen molar-refractivity contribution in [2.45, 2.75) is 45.4 Å². The summed E-state index contributed by atoms with van der Waals surface area (Å²) in [4.78, 5) is 4.57. The summed E-state index contributed by atoms with van der Waals surface area (Å²) < 4.78 is 8.37. The third-order valence-corrected chi connectivity index (χ3v) is 4.02. The summed E-state index contributed by atoms with van der Waals surface area (Å²) in [5.74, 6) is 2.09. The van der Waals surface area contributed by atoms with Crippen LogP contribution in [-0.4, -0.2) is 22.2 Å². The van der Waals surface area contributed by atoms with Gasteiger partial charge in [-0.1, -0.05) is 25.1 Å². The van der Waals surface area contributed by atoms with Gasteiger partial charge in [-0.05, 0) is 31.5 Å². The van der Waals surface area contributed by atoms with E-state index in [4.69, 9.17) is 4.74 Å². The molecule has 2 atom stereocenters. The predicted molar refractivity (Wildman–Crippen MR) is 83.5 cm³/mol. The van der Waals surface area contributed by atoms with Gasteiger partial charge >= 0.3 is 0 Å². The van der Waals surface area contributed by atoms with Gasteiger partial charge in [-0.3, -0.25) is 0 Å². The lowest BCUT2D eigenvalue weighted by atomic mass is 10.0. The number of hydrogen-bond donors (Lipinski definition) is 1. The van der Waals surface area contributed by atoms with Crippen LogP contribution in [0, 0.1) is 0 Å². The Labute approximate surface area is 126 Å². The normalized spacial score (nSPS) is 18.3. The average Bonchev–Trinajstić information content (AvgIpc) is 3.14. The SMILES string of the molecule is CCCNC(c1nccn1CC)C1Cc2ccccc2O1. The molecule has 2 aromatic rings. The maximum absolute atomic E-state index is 6.17. The van der Waals surface area contributed by atoms with E-state index in [1.54, 1.807) is 0 Å². The monoisotopic (exact) mass is 285 g/mol. The highest BCUT2D eigenvalue weighted by atomic mass is 16.5. The number of para-hydroxylation sites is 1. The van der Waals surface area contributed by atoms with E-state index in [2.05, 4.69) is 46.9 Å². The van der Waals surface area contributed by atoms with Crippen LogP contribution in [0.25, 0.3) is 0 Å². The predicted octanol–water partition coefficient (Wildman–Crippen LogP) is 2.95. The molecule has 112 valence electrons. The molecule has 0 radical (unpaired) electrons. The van der Waals surface area contributed by atoms with E-state index in [9.17, 15) is 0 Å². The zero-order valence-corrected chi connectivity index (χ0v) is 12.7. The first-order valence-corrected chi connectivity index (χ1v) is 7.82. The fraction of sp³-hybridized carbons (Fsp3) is 0.471. The topological polar surface area (TPSA) is 39.1 Å². The molecular weight excluding hydrogens is 262 g/mol. The second-order valence-electron chi connectivity index (χ2n) is 5.47. The smallest absolute Gasteiger partial charge is 0.129 e. The molecule has 0 amide bonds. The van der Waals surface area contributed by atoms with Gasteiger partial charge in [0.1, 0.15) is 23.7 Å². The molecule has 0 saturated carbocycles. The Balaban J connectivity index is 1.84. The minimum atomic E-state index is 0.113. The molecule has 2 unspecified atom stereocenters. The zero-order valence-electron chi connectivity index (χ0n) is 12.7. The first-order chi connectivity index (χ1) is 10.3. The maximum Gasteiger partial charge on any atom is 0.129 e. The zero-order chi connectivity index (χ0) is 14.7. The van der Waals surface area contributed by atoms with Gasteiger partial charge in [-0.25, -0.2) is 4.98 Å². The summed E-state index contributed by atoms with van der Waals surface area (Å²) in [6.07, 6.45) is 6.07. The highest BCUT2D eigenvalue weighted by molar-refractivity contribution is 5.38. The summed E-state index contributed by atoms with van der Waals surface area (Å²) in [6, 6.07) is 8.44. The number of ether oxygens (including phenoxy) is 1. The number of fused-ring (bicyclic) bond motifs is 1. The molecule has 21 heavy (non-hydrogen) atoms. The Morgan fingerprint density at radius 2 is 2.24 bits per heavy atom. The number of hydrogen-bond acceptors (Lipinski definition) is 3. The fourth-order valence-corrected chi connectivity index (χ4v) is 2.95. The number of aryl methyl sites for hydroxylation is 1. The first-order valence-electron chi connectivity index (χ1n) is 7.82. The van der Waals surface area contributed by atoms with Gasteiger partial charge in [0, 0.05) is 25.4 Å². The first kappa shape index (κ1) is 14.1. The summed E-state index contributed by atoms with van der Waals surface area (Å²) in [5, 5.41) is 3.61. The van der Waals surface area contributed by atoms with Crippen molar-refractivity contribution < 1.29 is 4.74 Å². The Morgan fingerprint density at radius 3 is 3.00 bits per heavy atom. The van der Waals surface area contributed by atoms with E-state index in [1.807, 2.05) is 18.5 Å². The van der Waals surface area contributed by atoms with E-state index >= 15 is 0 Å². The molecule has 0 saturated heterocycles. The molecule has 4 nitrogen and oxygen atoms in total. The van der Waals surface area contributed by atoms with Crippen molar-refractivity contribution in [3.63, 3.8) is 0 Å². The second-order valence-corrected chi connectivity index (χ2v) is 5.47. The molecule has 1 N–H and O–H groups in total. The quantitative estimate of drug-likeness (QED) is 0.887. The molecule has 3 rings (SSSR count). The Morgan fingerprint density at radius 1 is 1.38 bits per heavy atom. The minimum absolute atomic E-state index is 0.113. The summed E-state index contributed by atoms with van der Waals surface area (Å²) in [7, 11) is 0. The minimum Gasteiger partial charge on any atom is -0.488 e. The molecule has 1 aliphatic rings. The van der Waals surface area contributed by atoms with E-state index in [0.717, 1.165) is 37.5 Å². The van der Waals surface area contributed by atoms with Crippen molar-refractivity contribution in [3.8, 4) is 5.75 Å². The molecule has 4 heteroatoms. The van der Waals surface area contributed by atoms with Gasteiger partial charge in [0.15, 0.2) is 0 Å². The lowest BCUT2D eigenvalue weighted by Crippen LogP contribution is -2.37. The molecule has 2 heterocycles. The standard InChI is InChI=1S/C17H23N3O/c1-3-9-18-16(17-19-10-11-20(17)4-2)15-12-13-7-5-6-8-14(13)21-15/h5-8,10-11,15-16,18H,3-4,9,12H2,1-2H3. The van der Waals surface area contributed by atoms with Gasteiger partial charge < -0.3 is 14.6 Å². The van der Waals surface area contributed by atoms with Crippen LogP contribution in [0.4, 0.5) is 0 Å². The molecule has 0 bridgehead atoms. The van der Waals surface area contributed by atoms with Gasteiger partial charge in [-0.2, -0.15) is 0 Å². The molecule has 1 aromatic carbocycles. The van der Waals surface area contributed by atoms with Crippen LogP contribution < -0.4 is 10.1 Å². The van der Waals surface area contributed by atoms with E-state index < -0.39 is 0 Å². The van der Waals surface area contributed by atoms with Crippen molar-refractivity contribution >= 4 is 0 Å². The van der Waals surface area contributed by atoms with Crippen molar-refractivity contribution in [3.05, 3.63) is 48.0 Å². The lowest BCUT2D eigenvalue weighted by molar-refractivity contribution is 0.171. The summed E-state index contributed by atoms with van der Waals surface area (Å²) in [6.45, 7) is 6.23. The molecule has 0 spiro atoms. The summed E-state index contributed by atoms with van der Waals surface area (Å²) in [5.41, 5.74) is 1.29. The highest BCUT2D eigenvalue weighted by Crippen LogP contribution is 2.33. The van der Waals surface area contributed by atoms with Crippen molar-refractivity contribution in [2.75, 3.05) is 6.54 Å². The molecule has 1 aromatic heterocycles. The van der Waals surface area contributed by atoms with Crippen molar-refractivity contribution in [1.82, 2.24) is 14.9 Å². The van der Waals surface area contributed by atoms with Crippen LogP contribution in [0.15, 0.2) is 36.7 Å². The van der Waals surface area contributed by atoms with Crippen LogP contribution in [0.3, 0.4) is 0 Å². The second kappa shape index (κ2) is 6.31. The van der Waals surface area contributed by atoms with Gasteiger partial charge in [0.25, 0.3) is 0 Å². The Bertz CT molecular complexity index is 568. The van der Waals surface area contributed by atoms with Crippen LogP contribution in [0.2, 0.25) is 0 Å². The number of nitrogens with zero attached hydrogens (tertiary/aromatic N) is 2. The van der Waals surface area contributed by atoms with Crippen LogP contribution in [-0.2, 0) is 13.0 Å². The fourth-order valence-electron chi connectivity index (χ4n) is 2.95. The maximum atomic E-state index is 6.17. The highest BCUT2D eigenvalue weighted by Gasteiger charge is 2.33. The lowest BCUT2D eigenvalue weighted by Gasteiger charge is -2.24. The van der Waals surface area contributed by atoms with Gasteiger partial charge in [-0.15, -0.1) is 0 Å². The third-order valence-electron chi connectivity index (χ3n) is 4.02. The van der Waals surface area contributed by atoms with Crippen molar-refractivity contribution in [1.29, 1.82) is 0 Å². The van der Waals surface area contributed by atoms with Crippen LogP contribution in [0.5, 0.6) is 5.75 Å². The number of aromatic nitrogens is 2. The van der Waals surface area contributed by atoms with Crippen LogP contribution >= 0.6 is 0 Å². The van der Waals surface area contributed by atoms with E-state index in [-0.39, 0.29) is 12.1 Å². The Kier molecular flexibility index (Phi) is 4.25. The third kappa shape index (κ3) is 2.81. The van der Waals surface area contributed by atoms with E-state index in [1.165, 1.54) is 5.56 Å². The number of nitrogens with one attached hydrogen (secondary N) is 1. The van der Waals surface area contributed by atoms with Crippen molar-refractivity contribution in [2.24, 2.45) is 0 Å². The average molecular weight is 285 g/mol. The Hall–Kier alpha value is -1.81. The number of rotatable bonds is 6. The molecule has 0 aliphatic carbocycles. The molecule has 1 aliphatic heterocycles. The number of benzene rings is 1.